The topological polar surface area (TPSA) is 74.1 Å². The van der Waals surface area contributed by atoms with Crippen molar-refractivity contribution in [2.75, 3.05) is 47.4 Å². The fourth-order valence-corrected chi connectivity index (χ4v) is 4.02. The molecule has 4 rings (SSSR count). The summed E-state index contributed by atoms with van der Waals surface area (Å²) in [5, 5.41) is 14.5. The quantitative estimate of drug-likeness (QED) is 0.531. The van der Waals surface area contributed by atoms with Crippen LogP contribution in [0.4, 0.5) is 5.69 Å². The SMILES string of the molecule is COc1ccc(C2CC(c3ccc(N=NN4CCN(C)CC4)cc3)=NC(=S)N2)cc1OC. The summed E-state index contributed by atoms with van der Waals surface area (Å²) in [4.78, 5) is 6.87. The Bertz CT molecular complexity index is 1020. The normalized spacial score (nSPS) is 19.6. The van der Waals surface area contributed by atoms with Crippen molar-refractivity contribution in [1.82, 2.24) is 15.2 Å². The van der Waals surface area contributed by atoms with E-state index in [-0.39, 0.29) is 6.04 Å². The van der Waals surface area contributed by atoms with Gasteiger partial charge in [0.05, 0.1) is 44.8 Å². The van der Waals surface area contributed by atoms with Crippen molar-refractivity contribution in [3.63, 3.8) is 0 Å². The molecule has 2 aromatic carbocycles. The number of likely N-dealkylation sites (N-methyl/N-ethyl adjacent to an activating group) is 1. The van der Waals surface area contributed by atoms with Crippen molar-refractivity contribution < 1.29 is 9.47 Å². The van der Waals surface area contributed by atoms with Gasteiger partial charge in [0.2, 0.25) is 0 Å². The van der Waals surface area contributed by atoms with E-state index in [0.29, 0.717) is 23.0 Å². The van der Waals surface area contributed by atoms with E-state index in [4.69, 9.17) is 21.7 Å². The Morgan fingerprint density at radius 3 is 2.41 bits per heavy atom. The van der Waals surface area contributed by atoms with Crippen LogP contribution < -0.4 is 14.8 Å². The van der Waals surface area contributed by atoms with E-state index in [0.717, 1.165) is 48.7 Å². The number of piperazine rings is 1. The van der Waals surface area contributed by atoms with Crippen molar-refractivity contribution in [3.8, 4) is 11.5 Å². The van der Waals surface area contributed by atoms with E-state index in [1.54, 1.807) is 14.2 Å². The van der Waals surface area contributed by atoms with Gasteiger partial charge in [-0.1, -0.05) is 23.4 Å². The number of nitrogens with zero attached hydrogens (tertiary/aromatic N) is 5. The molecule has 1 unspecified atom stereocenters. The highest BCUT2D eigenvalue weighted by molar-refractivity contribution is 7.80. The maximum Gasteiger partial charge on any atom is 0.193 e. The highest BCUT2D eigenvalue weighted by Gasteiger charge is 2.23. The molecular formula is C23H28N6O2S. The van der Waals surface area contributed by atoms with Gasteiger partial charge < -0.3 is 19.7 Å². The van der Waals surface area contributed by atoms with Crippen LogP contribution in [0.3, 0.4) is 0 Å². The van der Waals surface area contributed by atoms with Crippen molar-refractivity contribution in [3.05, 3.63) is 53.6 Å². The van der Waals surface area contributed by atoms with Gasteiger partial charge in [-0.05, 0) is 54.7 Å². The van der Waals surface area contributed by atoms with E-state index >= 15 is 0 Å². The van der Waals surface area contributed by atoms with Gasteiger partial charge in [0.15, 0.2) is 16.6 Å². The van der Waals surface area contributed by atoms with Crippen LogP contribution in [-0.4, -0.2) is 68.2 Å². The zero-order valence-corrected chi connectivity index (χ0v) is 19.4. The molecule has 2 aromatic rings. The minimum atomic E-state index is 0.00593. The van der Waals surface area contributed by atoms with Crippen LogP contribution in [0.15, 0.2) is 57.8 Å². The van der Waals surface area contributed by atoms with Crippen LogP contribution in [-0.2, 0) is 0 Å². The predicted octanol–water partition coefficient (Wildman–Crippen LogP) is 3.76. The second-order valence-corrected chi connectivity index (χ2v) is 8.26. The summed E-state index contributed by atoms with van der Waals surface area (Å²) in [6, 6.07) is 13.9. The maximum absolute atomic E-state index is 5.45. The highest BCUT2D eigenvalue weighted by Crippen LogP contribution is 2.32. The number of thiocarbonyl (C=S) groups is 1. The van der Waals surface area contributed by atoms with E-state index in [1.165, 1.54) is 0 Å². The molecule has 9 heteroatoms. The number of benzene rings is 2. The van der Waals surface area contributed by atoms with Crippen LogP contribution in [0.1, 0.15) is 23.6 Å². The monoisotopic (exact) mass is 452 g/mol. The highest BCUT2D eigenvalue weighted by atomic mass is 32.1. The number of hydrogen-bond acceptors (Lipinski definition) is 6. The number of rotatable bonds is 6. The lowest BCUT2D eigenvalue weighted by molar-refractivity contribution is 0.150. The van der Waals surface area contributed by atoms with Gasteiger partial charge in [0.1, 0.15) is 0 Å². The molecule has 2 aliphatic rings. The maximum atomic E-state index is 5.45. The standard InChI is InChI=1S/C23H28N6O2S/c1-28-10-12-29(13-11-28)27-26-18-7-4-16(5-8-18)19-15-20(25-23(32)24-19)17-6-9-21(30-2)22(14-17)31-3/h4-9,14,20H,10-13,15H2,1-3H3,(H,25,32). The van der Waals surface area contributed by atoms with Gasteiger partial charge >= 0.3 is 0 Å². The molecule has 168 valence electrons. The molecule has 0 aliphatic carbocycles. The number of hydrogen-bond donors (Lipinski definition) is 1. The largest absolute Gasteiger partial charge is 0.493 e. The molecule has 1 fully saturated rings. The predicted molar refractivity (Wildman–Crippen MR) is 129 cm³/mol. The van der Waals surface area contributed by atoms with Crippen LogP contribution in [0.2, 0.25) is 0 Å². The molecule has 1 N–H and O–H groups in total. The molecule has 0 aromatic heterocycles. The van der Waals surface area contributed by atoms with E-state index < -0.39 is 0 Å². The average Bonchev–Trinajstić information content (AvgIpc) is 2.83. The minimum absolute atomic E-state index is 0.00593. The van der Waals surface area contributed by atoms with Gasteiger partial charge in [-0.15, -0.1) is 5.11 Å². The Morgan fingerprint density at radius 1 is 1.00 bits per heavy atom. The molecule has 0 bridgehead atoms. The molecular weight excluding hydrogens is 424 g/mol. The molecule has 32 heavy (non-hydrogen) atoms. The lowest BCUT2D eigenvalue weighted by atomic mass is 9.95. The van der Waals surface area contributed by atoms with Crippen molar-refractivity contribution >= 4 is 28.7 Å². The molecule has 8 nitrogen and oxygen atoms in total. The summed E-state index contributed by atoms with van der Waals surface area (Å²) >= 11 is 5.42. The fraction of sp³-hybridized carbons (Fsp3) is 0.391. The third kappa shape index (κ3) is 5.23. The number of methoxy groups -OCH3 is 2. The summed E-state index contributed by atoms with van der Waals surface area (Å²) in [5.41, 5.74) is 3.85. The first-order valence-electron chi connectivity index (χ1n) is 10.6. The van der Waals surface area contributed by atoms with Crippen LogP contribution >= 0.6 is 12.2 Å². The third-order valence-corrected chi connectivity index (χ3v) is 5.92. The second-order valence-electron chi connectivity index (χ2n) is 7.87. The molecule has 0 amide bonds. The van der Waals surface area contributed by atoms with Crippen LogP contribution in [0.5, 0.6) is 11.5 Å². The van der Waals surface area contributed by atoms with Crippen molar-refractivity contribution in [2.24, 2.45) is 15.3 Å². The molecule has 1 saturated heterocycles. The van der Waals surface area contributed by atoms with Crippen LogP contribution in [0.25, 0.3) is 0 Å². The minimum Gasteiger partial charge on any atom is -0.493 e. The first kappa shape index (κ1) is 22.2. The number of aliphatic imine (C=N–C) groups is 1. The lowest BCUT2D eigenvalue weighted by Crippen LogP contribution is -2.41. The molecule has 0 saturated carbocycles. The first-order valence-corrected chi connectivity index (χ1v) is 11.0. The Hall–Kier alpha value is -3.04. The van der Waals surface area contributed by atoms with Crippen molar-refractivity contribution in [1.29, 1.82) is 0 Å². The summed E-state index contributed by atoms with van der Waals surface area (Å²) in [6.07, 6.45) is 0.706. The smallest absolute Gasteiger partial charge is 0.193 e. The zero-order chi connectivity index (χ0) is 22.5. The first-order chi connectivity index (χ1) is 15.6. The molecule has 2 aliphatic heterocycles. The Labute approximate surface area is 193 Å². The van der Waals surface area contributed by atoms with Gasteiger partial charge in [0, 0.05) is 19.5 Å². The van der Waals surface area contributed by atoms with E-state index in [2.05, 4.69) is 32.6 Å². The zero-order valence-electron chi connectivity index (χ0n) is 18.6. The second kappa shape index (κ2) is 10.1. The molecule has 2 heterocycles. The Balaban J connectivity index is 1.46. The van der Waals surface area contributed by atoms with Gasteiger partial charge in [0.25, 0.3) is 0 Å². The van der Waals surface area contributed by atoms with Gasteiger partial charge in [-0.25, -0.2) is 4.99 Å². The summed E-state index contributed by atoms with van der Waals surface area (Å²) in [7, 11) is 5.39. The third-order valence-electron chi connectivity index (χ3n) is 5.71. The summed E-state index contributed by atoms with van der Waals surface area (Å²) in [6.45, 7) is 3.81. The summed E-state index contributed by atoms with van der Waals surface area (Å²) < 4.78 is 10.8. The Morgan fingerprint density at radius 2 is 1.72 bits per heavy atom. The fourth-order valence-electron chi connectivity index (χ4n) is 3.77. The van der Waals surface area contributed by atoms with Crippen LogP contribution in [0, 0.1) is 0 Å². The number of ether oxygens (including phenoxy) is 2. The van der Waals surface area contributed by atoms with Gasteiger partial charge in [-0.2, -0.15) is 0 Å². The van der Waals surface area contributed by atoms with Gasteiger partial charge in [-0.3, -0.25) is 5.01 Å². The molecule has 1 atom stereocenters. The van der Waals surface area contributed by atoms with E-state index in [9.17, 15) is 0 Å². The van der Waals surface area contributed by atoms with Crippen molar-refractivity contribution in [2.45, 2.75) is 12.5 Å². The van der Waals surface area contributed by atoms with E-state index in [1.807, 2.05) is 47.5 Å². The Kier molecular flexibility index (Phi) is 6.96. The summed E-state index contributed by atoms with van der Waals surface area (Å²) in [5.74, 6) is 1.39. The average molecular weight is 453 g/mol. The number of nitrogens with one attached hydrogen (secondary N) is 1. The lowest BCUT2D eigenvalue weighted by Gasteiger charge is -2.29. The molecule has 0 spiro atoms. The molecule has 0 radical (unpaired) electrons.